The molecule has 5 heteroatoms. The van der Waals surface area contributed by atoms with Gasteiger partial charge >= 0.3 is 0 Å². The molecule has 1 aromatic rings. The minimum absolute atomic E-state index is 0.632. The van der Waals surface area contributed by atoms with Crippen LogP contribution in [0.4, 0.5) is 0 Å². The van der Waals surface area contributed by atoms with Crippen molar-refractivity contribution in [1.82, 2.24) is 0 Å². The number of rotatable bonds is 6. The van der Waals surface area contributed by atoms with E-state index in [4.69, 9.17) is 18.9 Å². The zero-order valence-corrected chi connectivity index (χ0v) is 16.0. The van der Waals surface area contributed by atoms with Crippen LogP contribution in [0.1, 0.15) is 30.4 Å². The van der Waals surface area contributed by atoms with Gasteiger partial charge in [-0.2, -0.15) is 0 Å². The molecule has 0 unspecified atom stereocenters. The second-order valence-electron chi connectivity index (χ2n) is 5.51. The normalized spacial score (nSPS) is 15.0. The van der Waals surface area contributed by atoms with E-state index in [1.54, 1.807) is 28.4 Å². The lowest BCUT2D eigenvalue weighted by atomic mass is 9.97. The molecule has 0 saturated carbocycles. The molecule has 1 aliphatic carbocycles. The highest BCUT2D eigenvalue weighted by atomic mass is 127. The number of hydrogen-bond donors (Lipinski definition) is 0. The molecule has 124 valence electrons. The molecular weight excluding hydrogens is 395 g/mol. The molecular formula is C17H25IO4. The Bertz CT molecular complexity index is 473. The molecule has 4 nitrogen and oxygen atoms in total. The van der Waals surface area contributed by atoms with Gasteiger partial charge in [0.2, 0.25) is 11.5 Å². The maximum Gasteiger partial charge on any atom is 0.207 e. The smallest absolute Gasteiger partial charge is 0.207 e. The van der Waals surface area contributed by atoms with Crippen LogP contribution < -0.4 is 18.9 Å². The van der Waals surface area contributed by atoms with Crippen molar-refractivity contribution in [3.05, 3.63) is 11.1 Å². The Hall–Kier alpha value is -0.850. The Kier molecular flexibility index (Phi) is 6.47. The van der Waals surface area contributed by atoms with Crippen molar-refractivity contribution in [1.29, 1.82) is 0 Å². The third-order valence-electron chi connectivity index (χ3n) is 4.47. The first-order valence-corrected chi connectivity index (χ1v) is 9.17. The van der Waals surface area contributed by atoms with E-state index in [1.807, 2.05) is 0 Å². The van der Waals surface area contributed by atoms with Gasteiger partial charge in [0.25, 0.3) is 0 Å². The van der Waals surface area contributed by atoms with Gasteiger partial charge in [0.05, 0.1) is 28.4 Å². The number of methoxy groups -OCH3 is 4. The van der Waals surface area contributed by atoms with Gasteiger partial charge in [-0.3, -0.25) is 0 Å². The van der Waals surface area contributed by atoms with E-state index in [-0.39, 0.29) is 0 Å². The Morgan fingerprint density at radius 2 is 1.18 bits per heavy atom. The summed E-state index contributed by atoms with van der Waals surface area (Å²) in [5.74, 6) is 3.62. The second-order valence-corrected chi connectivity index (χ2v) is 6.59. The van der Waals surface area contributed by atoms with Crippen LogP contribution in [0.25, 0.3) is 0 Å². The van der Waals surface area contributed by atoms with Gasteiger partial charge in [0, 0.05) is 11.1 Å². The molecule has 0 fully saturated rings. The minimum Gasteiger partial charge on any atom is -0.492 e. The summed E-state index contributed by atoms with van der Waals surface area (Å²) >= 11 is 2.46. The highest BCUT2D eigenvalue weighted by Crippen LogP contribution is 2.51. The molecule has 0 aliphatic heterocycles. The standard InChI is InChI=1S/C17H25IO4/c1-19-14-12-7-5-11(9-10-18)6-8-13(12)15(20-2)17(22-4)16(14)21-3/h11H,5-10H2,1-4H3. The SMILES string of the molecule is COc1c2c(c(OC)c(OC)c1OC)CCC(CCI)CC2. The first-order chi connectivity index (χ1) is 10.7. The maximum atomic E-state index is 5.67. The molecule has 0 aromatic heterocycles. The minimum atomic E-state index is 0.632. The highest BCUT2D eigenvalue weighted by Gasteiger charge is 2.29. The van der Waals surface area contributed by atoms with Crippen LogP contribution in [0.5, 0.6) is 23.0 Å². The summed E-state index contributed by atoms with van der Waals surface area (Å²) in [5.41, 5.74) is 2.43. The molecule has 2 rings (SSSR count). The molecule has 0 heterocycles. The molecule has 0 amide bonds. The van der Waals surface area contributed by atoms with Crippen molar-refractivity contribution in [2.75, 3.05) is 32.9 Å². The summed E-state index contributed by atoms with van der Waals surface area (Å²) in [6, 6.07) is 0. The van der Waals surface area contributed by atoms with Crippen LogP contribution in [0.3, 0.4) is 0 Å². The van der Waals surface area contributed by atoms with Crippen molar-refractivity contribution >= 4 is 22.6 Å². The number of fused-ring (bicyclic) bond motifs is 1. The van der Waals surface area contributed by atoms with E-state index in [0.29, 0.717) is 11.5 Å². The largest absolute Gasteiger partial charge is 0.492 e. The van der Waals surface area contributed by atoms with Crippen molar-refractivity contribution < 1.29 is 18.9 Å². The van der Waals surface area contributed by atoms with Crippen LogP contribution in [0.15, 0.2) is 0 Å². The number of hydrogen-bond acceptors (Lipinski definition) is 4. The van der Waals surface area contributed by atoms with Crippen molar-refractivity contribution in [3.8, 4) is 23.0 Å². The Balaban J connectivity index is 2.55. The summed E-state index contributed by atoms with van der Waals surface area (Å²) in [7, 11) is 6.66. The predicted octanol–water partition coefficient (Wildman–Crippen LogP) is 4.04. The number of alkyl halides is 1. The van der Waals surface area contributed by atoms with Crippen molar-refractivity contribution in [2.24, 2.45) is 5.92 Å². The molecule has 0 radical (unpaired) electrons. The molecule has 1 aliphatic rings. The average Bonchev–Trinajstić information content (AvgIpc) is 2.75. The maximum absolute atomic E-state index is 5.67. The first kappa shape index (κ1) is 17.5. The fourth-order valence-corrected chi connectivity index (χ4v) is 4.25. The average molecular weight is 420 g/mol. The van der Waals surface area contributed by atoms with Gasteiger partial charge in [-0.25, -0.2) is 0 Å². The number of benzene rings is 1. The number of halogens is 1. The molecule has 0 atom stereocenters. The molecule has 0 bridgehead atoms. The quantitative estimate of drug-likeness (QED) is 0.396. The van der Waals surface area contributed by atoms with Gasteiger partial charge in [0.1, 0.15) is 0 Å². The van der Waals surface area contributed by atoms with Gasteiger partial charge in [0.15, 0.2) is 11.5 Å². The van der Waals surface area contributed by atoms with E-state index < -0.39 is 0 Å². The predicted molar refractivity (Wildman–Crippen MR) is 96.3 cm³/mol. The Labute approximate surface area is 146 Å². The van der Waals surface area contributed by atoms with Crippen LogP contribution in [0, 0.1) is 5.92 Å². The zero-order chi connectivity index (χ0) is 16.1. The summed E-state index contributed by atoms with van der Waals surface area (Å²) in [6.07, 6.45) is 5.64. The van der Waals surface area contributed by atoms with Crippen LogP contribution in [-0.4, -0.2) is 32.9 Å². The lowest BCUT2D eigenvalue weighted by Crippen LogP contribution is -2.05. The van der Waals surface area contributed by atoms with Crippen LogP contribution in [0.2, 0.25) is 0 Å². The highest BCUT2D eigenvalue weighted by molar-refractivity contribution is 14.1. The summed E-state index contributed by atoms with van der Waals surface area (Å²) < 4.78 is 23.6. The summed E-state index contributed by atoms with van der Waals surface area (Å²) in [6.45, 7) is 0. The van der Waals surface area contributed by atoms with Gasteiger partial charge < -0.3 is 18.9 Å². The third-order valence-corrected chi connectivity index (χ3v) is 5.09. The molecule has 0 spiro atoms. The van der Waals surface area contributed by atoms with E-state index in [9.17, 15) is 0 Å². The molecule has 0 saturated heterocycles. The van der Waals surface area contributed by atoms with E-state index in [1.165, 1.54) is 34.8 Å². The fraction of sp³-hybridized carbons (Fsp3) is 0.647. The van der Waals surface area contributed by atoms with Crippen LogP contribution >= 0.6 is 22.6 Å². The van der Waals surface area contributed by atoms with E-state index in [0.717, 1.165) is 30.3 Å². The molecule has 0 N–H and O–H groups in total. The summed E-state index contributed by atoms with van der Waals surface area (Å²) in [5, 5.41) is 0. The van der Waals surface area contributed by atoms with Gasteiger partial charge in [-0.1, -0.05) is 22.6 Å². The lowest BCUT2D eigenvalue weighted by molar-refractivity contribution is 0.302. The lowest BCUT2D eigenvalue weighted by Gasteiger charge is -2.21. The van der Waals surface area contributed by atoms with E-state index >= 15 is 0 Å². The van der Waals surface area contributed by atoms with E-state index in [2.05, 4.69) is 22.6 Å². The Morgan fingerprint density at radius 1 is 0.773 bits per heavy atom. The monoisotopic (exact) mass is 420 g/mol. The number of ether oxygens (including phenoxy) is 4. The van der Waals surface area contributed by atoms with Gasteiger partial charge in [-0.15, -0.1) is 0 Å². The van der Waals surface area contributed by atoms with Crippen molar-refractivity contribution in [3.63, 3.8) is 0 Å². The van der Waals surface area contributed by atoms with Crippen molar-refractivity contribution in [2.45, 2.75) is 32.1 Å². The molecule has 1 aromatic carbocycles. The van der Waals surface area contributed by atoms with Crippen LogP contribution in [-0.2, 0) is 12.8 Å². The zero-order valence-electron chi connectivity index (χ0n) is 13.8. The fourth-order valence-electron chi connectivity index (χ4n) is 3.37. The third kappa shape index (κ3) is 3.24. The second kappa shape index (κ2) is 8.13. The Morgan fingerprint density at radius 3 is 1.50 bits per heavy atom. The topological polar surface area (TPSA) is 36.9 Å². The summed E-state index contributed by atoms with van der Waals surface area (Å²) in [4.78, 5) is 0. The first-order valence-electron chi connectivity index (χ1n) is 7.65. The molecule has 22 heavy (non-hydrogen) atoms. The van der Waals surface area contributed by atoms with Gasteiger partial charge in [-0.05, 0) is 42.4 Å².